The normalized spacial score (nSPS) is 11.8. The molecule has 6 heteroatoms. The lowest BCUT2D eigenvalue weighted by molar-refractivity contribution is 0.669. The Balaban J connectivity index is 0.882. The van der Waals surface area contributed by atoms with Gasteiger partial charge in [-0.15, -0.1) is 0 Å². The summed E-state index contributed by atoms with van der Waals surface area (Å²) in [5, 5.41) is 6.81. The lowest BCUT2D eigenvalue weighted by Crippen LogP contribution is -2.00. The van der Waals surface area contributed by atoms with Crippen molar-refractivity contribution >= 4 is 65.6 Å². The Morgan fingerprint density at radius 2 is 0.754 bits per heavy atom. The molecular formula is C63H39N5O. The SMILES string of the molecule is c1ccc(-c2nc(-c3ccccc3)nc(-c3cccc4oc5ccc(-n6c7ccccc7c7cc(-c8cccc(-c9ccc%10c(c9)c9ccccc9n%10-c9ccccc9)c8)ccc76)cc5c34)n2)cc1. The summed E-state index contributed by atoms with van der Waals surface area (Å²) in [5.41, 5.74) is 15.9. The molecule has 0 unspecified atom stereocenters. The van der Waals surface area contributed by atoms with Gasteiger partial charge < -0.3 is 13.6 Å². The van der Waals surface area contributed by atoms with Crippen molar-refractivity contribution in [3.63, 3.8) is 0 Å². The van der Waals surface area contributed by atoms with Crippen molar-refractivity contribution in [2.45, 2.75) is 0 Å². The predicted molar refractivity (Wildman–Crippen MR) is 283 cm³/mol. The number of fused-ring (bicyclic) bond motifs is 9. The number of benzene rings is 10. The van der Waals surface area contributed by atoms with Crippen molar-refractivity contribution in [3.8, 4) is 67.8 Å². The van der Waals surface area contributed by atoms with Gasteiger partial charge in [-0.05, 0) is 101 Å². The summed E-state index contributed by atoms with van der Waals surface area (Å²) >= 11 is 0. The van der Waals surface area contributed by atoms with Crippen LogP contribution in [0.4, 0.5) is 0 Å². The van der Waals surface area contributed by atoms with E-state index in [1.165, 1.54) is 49.3 Å². The van der Waals surface area contributed by atoms with Crippen LogP contribution in [0.5, 0.6) is 0 Å². The monoisotopic (exact) mass is 881 g/mol. The highest BCUT2D eigenvalue weighted by molar-refractivity contribution is 6.14. The van der Waals surface area contributed by atoms with Crippen LogP contribution in [-0.4, -0.2) is 24.1 Å². The second-order valence-electron chi connectivity index (χ2n) is 17.6. The molecule has 14 rings (SSSR count). The van der Waals surface area contributed by atoms with Crippen LogP contribution in [0.2, 0.25) is 0 Å². The minimum Gasteiger partial charge on any atom is -0.456 e. The van der Waals surface area contributed by atoms with E-state index in [1.807, 2.05) is 72.8 Å². The van der Waals surface area contributed by atoms with Crippen LogP contribution in [0.25, 0.3) is 133 Å². The number of nitrogens with zero attached hydrogens (tertiary/aromatic N) is 5. The van der Waals surface area contributed by atoms with Gasteiger partial charge in [0.2, 0.25) is 0 Å². The summed E-state index contributed by atoms with van der Waals surface area (Å²) in [5.74, 6) is 1.82. The number of aromatic nitrogens is 5. The van der Waals surface area contributed by atoms with Crippen LogP contribution >= 0.6 is 0 Å². The molecule has 6 nitrogen and oxygen atoms in total. The first kappa shape index (κ1) is 38.8. The van der Waals surface area contributed by atoms with Gasteiger partial charge in [-0.2, -0.15) is 0 Å². The average molecular weight is 882 g/mol. The second kappa shape index (κ2) is 15.6. The molecule has 0 atom stereocenters. The van der Waals surface area contributed by atoms with E-state index < -0.39 is 0 Å². The Labute approximate surface area is 396 Å². The molecule has 14 aromatic rings. The summed E-state index contributed by atoms with van der Waals surface area (Å²) in [6.45, 7) is 0. The molecule has 10 aromatic carbocycles. The lowest BCUT2D eigenvalue weighted by Gasteiger charge is -2.11. The van der Waals surface area contributed by atoms with E-state index in [4.69, 9.17) is 19.4 Å². The van der Waals surface area contributed by atoms with Crippen LogP contribution in [0.1, 0.15) is 0 Å². The second-order valence-corrected chi connectivity index (χ2v) is 17.6. The molecule has 4 aromatic heterocycles. The molecule has 4 heterocycles. The van der Waals surface area contributed by atoms with Gasteiger partial charge in [0.15, 0.2) is 17.5 Å². The fraction of sp³-hybridized carbons (Fsp3) is 0. The average Bonchev–Trinajstić information content (AvgIpc) is 4.08. The summed E-state index contributed by atoms with van der Waals surface area (Å²) in [6.07, 6.45) is 0. The maximum Gasteiger partial charge on any atom is 0.164 e. The molecule has 322 valence electrons. The molecule has 0 amide bonds. The summed E-state index contributed by atoms with van der Waals surface area (Å²) in [6, 6.07) is 83.5. The molecular weight excluding hydrogens is 843 g/mol. The Hall–Kier alpha value is -9.39. The molecule has 0 bridgehead atoms. The van der Waals surface area contributed by atoms with Crippen molar-refractivity contribution in [2.24, 2.45) is 0 Å². The van der Waals surface area contributed by atoms with Crippen LogP contribution in [0.15, 0.2) is 241 Å². The third-order valence-corrected chi connectivity index (χ3v) is 13.6. The van der Waals surface area contributed by atoms with Gasteiger partial charge in [0.05, 0.1) is 22.1 Å². The van der Waals surface area contributed by atoms with E-state index in [1.54, 1.807) is 0 Å². The standard InChI is InChI=1S/C63H39N5O/c1-4-16-40(17-5-1)61-64-62(41-18-6-2-7-19-41)66-63(65-61)50-26-15-29-59-60(50)53-39-47(32-35-58(53)69-59)68-55-28-13-11-25-49(55)52-38-45(31-34-57(52)68)43-21-14-20-42(36-43)44-30-33-56-51(37-44)48-24-10-12-27-54(48)67(56)46-22-8-3-9-23-46/h1-39H. The third kappa shape index (κ3) is 6.38. The van der Waals surface area contributed by atoms with E-state index in [0.29, 0.717) is 17.5 Å². The Morgan fingerprint density at radius 1 is 0.275 bits per heavy atom. The van der Waals surface area contributed by atoms with Crippen molar-refractivity contribution in [3.05, 3.63) is 237 Å². The quantitative estimate of drug-likeness (QED) is 0.160. The van der Waals surface area contributed by atoms with E-state index in [2.05, 4.69) is 173 Å². The van der Waals surface area contributed by atoms with Crippen LogP contribution < -0.4 is 0 Å². The molecule has 0 saturated heterocycles. The van der Waals surface area contributed by atoms with Crippen molar-refractivity contribution in [1.29, 1.82) is 0 Å². The number of hydrogen-bond acceptors (Lipinski definition) is 4. The fourth-order valence-corrected chi connectivity index (χ4v) is 10.4. The van der Waals surface area contributed by atoms with Gasteiger partial charge in [-0.1, -0.05) is 158 Å². The number of para-hydroxylation sites is 3. The van der Waals surface area contributed by atoms with Gasteiger partial charge in [-0.3, -0.25) is 0 Å². The first-order chi connectivity index (χ1) is 34.2. The summed E-state index contributed by atoms with van der Waals surface area (Å²) in [4.78, 5) is 15.2. The lowest BCUT2D eigenvalue weighted by atomic mass is 9.97. The van der Waals surface area contributed by atoms with Crippen LogP contribution in [-0.2, 0) is 0 Å². The third-order valence-electron chi connectivity index (χ3n) is 13.6. The highest BCUT2D eigenvalue weighted by atomic mass is 16.3. The van der Waals surface area contributed by atoms with Gasteiger partial charge in [0.1, 0.15) is 11.2 Å². The Kier molecular flexibility index (Phi) is 8.79. The van der Waals surface area contributed by atoms with Gasteiger partial charge >= 0.3 is 0 Å². The fourth-order valence-electron chi connectivity index (χ4n) is 10.4. The van der Waals surface area contributed by atoms with E-state index in [0.717, 1.165) is 66.6 Å². The Bertz CT molecular complexity index is 4240. The number of hydrogen-bond donors (Lipinski definition) is 0. The maximum absolute atomic E-state index is 6.58. The topological polar surface area (TPSA) is 61.7 Å². The van der Waals surface area contributed by atoms with Crippen molar-refractivity contribution < 1.29 is 4.42 Å². The van der Waals surface area contributed by atoms with Crippen LogP contribution in [0, 0.1) is 0 Å². The Morgan fingerprint density at radius 3 is 1.36 bits per heavy atom. The molecule has 0 N–H and O–H groups in total. The molecule has 0 saturated carbocycles. The van der Waals surface area contributed by atoms with Gasteiger partial charge in [-0.25, -0.2) is 15.0 Å². The van der Waals surface area contributed by atoms with Gasteiger partial charge in [0.25, 0.3) is 0 Å². The first-order valence-electron chi connectivity index (χ1n) is 23.3. The van der Waals surface area contributed by atoms with E-state index in [9.17, 15) is 0 Å². The number of rotatable bonds is 7. The van der Waals surface area contributed by atoms with Crippen LogP contribution in [0.3, 0.4) is 0 Å². The smallest absolute Gasteiger partial charge is 0.164 e. The minimum absolute atomic E-state index is 0.589. The summed E-state index contributed by atoms with van der Waals surface area (Å²) in [7, 11) is 0. The molecule has 0 fully saturated rings. The molecule has 0 aliphatic rings. The highest BCUT2D eigenvalue weighted by Crippen LogP contribution is 2.41. The zero-order valence-electron chi connectivity index (χ0n) is 37.2. The molecule has 0 aliphatic carbocycles. The number of furan rings is 1. The highest BCUT2D eigenvalue weighted by Gasteiger charge is 2.21. The first-order valence-corrected chi connectivity index (χ1v) is 23.3. The maximum atomic E-state index is 6.58. The molecule has 69 heavy (non-hydrogen) atoms. The van der Waals surface area contributed by atoms with Crippen molar-refractivity contribution in [1.82, 2.24) is 24.1 Å². The van der Waals surface area contributed by atoms with E-state index in [-0.39, 0.29) is 0 Å². The molecule has 0 radical (unpaired) electrons. The minimum atomic E-state index is 0.589. The molecule has 0 spiro atoms. The van der Waals surface area contributed by atoms with Crippen molar-refractivity contribution in [2.75, 3.05) is 0 Å². The predicted octanol–water partition coefficient (Wildman–Crippen LogP) is 16.3. The summed E-state index contributed by atoms with van der Waals surface area (Å²) < 4.78 is 11.3. The zero-order valence-corrected chi connectivity index (χ0v) is 37.2. The molecule has 0 aliphatic heterocycles. The van der Waals surface area contributed by atoms with Gasteiger partial charge in [0, 0.05) is 60.4 Å². The zero-order chi connectivity index (χ0) is 45.4. The van der Waals surface area contributed by atoms with E-state index >= 15 is 0 Å². The largest absolute Gasteiger partial charge is 0.456 e.